The second-order valence-corrected chi connectivity index (χ2v) is 3.45. The summed E-state index contributed by atoms with van der Waals surface area (Å²) in [6.07, 6.45) is 6.31. The lowest BCUT2D eigenvalue weighted by atomic mass is 9.97. The monoisotopic (exact) mass is 173 g/mol. The highest BCUT2D eigenvalue weighted by Crippen LogP contribution is 2.42. The highest BCUT2D eigenvalue weighted by molar-refractivity contribution is 6.12. The van der Waals surface area contributed by atoms with E-state index in [4.69, 9.17) is 0 Å². The summed E-state index contributed by atoms with van der Waals surface area (Å²) in [4.78, 5) is 22.7. The second-order valence-electron chi connectivity index (χ2n) is 3.45. The Balaban J connectivity index is 2.24. The maximum Gasteiger partial charge on any atom is 0.254 e. The van der Waals surface area contributed by atoms with Gasteiger partial charge in [0.25, 0.3) is 5.91 Å². The molecule has 64 valence electrons. The molecule has 0 aromatic rings. The Bertz CT molecular complexity index is 426. The first-order chi connectivity index (χ1) is 6.27. The van der Waals surface area contributed by atoms with Gasteiger partial charge in [-0.25, -0.2) is 0 Å². The summed E-state index contributed by atoms with van der Waals surface area (Å²) in [6, 6.07) is 0. The summed E-state index contributed by atoms with van der Waals surface area (Å²) in [5.41, 5.74) is 2.75. The van der Waals surface area contributed by atoms with E-state index in [2.05, 4.69) is 5.32 Å². The Kier molecular flexibility index (Phi) is 1.05. The Morgan fingerprint density at radius 2 is 2.23 bits per heavy atom. The Morgan fingerprint density at radius 3 is 3.08 bits per heavy atom. The van der Waals surface area contributed by atoms with E-state index in [1.807, 2.05) is 18.2 Å². The number of nitrogens with one attached hydrogen (secondary N) is 1. The van der Waals surface area contributed by atoms with Crippen molar-refractivity contribution in [3.8, 4) is 0 Å². The molecule has 3 heteroatoms. The van der Waals surface area contributed by atoms with Gasteiger partial charge in [-0.1, -0.05) is 18.2 Å². The molecular weight excluding hydrogens is 166 g/mol. The highest BCUT2D eigenvalue weighted by Gasteiger charge is 2.41. The first-order valence-corrected chi connectivity index (χ1v) is 4.24. The fraction of sp³-hybridized carbons (Fsp3) is 0.200. The summed E-state index contributed by atoms with van der Waals surface area (Å²) < 4.78 is 0. The maximum atomic E-state index is 11.4. The van der Waals surface area contributed by atoms with Gasteiger partial charge in [0.1, 0.15) is 0 Å². The molecule has 0 aromatic carbocycles. The second kappa shape index (κ2) is 1.99. The van der Waals surface area contributed by atoms with Crippen molar-refractivity contribution in [3.63, 3.8) is 0 Å². The number of amides is 2. The van der Waals surface area contributed by atoms with Crippen LogP contribution >= 0.6 is 0 Å². The van der Waals surface area contributed by atoms with Crippen molar-refractivity contribution in [1.29, 1.82) is 0 Å². The van der Waals surface area contributed by atoms with Crippen LogP contribution in [0, 0.1) is 5.92 Å². The molecule has 2 bridgehead atoms. The lowest BCUT2D eigenvalue weighted by Crippen LogP contribution is -2.39. The lowest BCUT2D eigenvalue weighted by Gasteiger charge is -2.15. The van der Waals surface area contributed by atoms with Crippen molar-refractivity contribution in [2.75, 3.05) is 0 Å². The molecule has 0 unspecified atom stereocenters. The van der Waals surface area contributed by atoms with Gasteiger partial charge < -0.3 is 0 Å². The van der Waals surface area contributed by atoms with Gasteiger partial charge in [-0.3, -0.25) is 14.9 Å². The van der Waals surface area contributed by atoms with Gasteiger partial charge in [-0.15, -0.1) is 0 Å². The van der Waals surface area contributed by atoms with Crippen LogP contribution in [0.2, 0.25) is 0 Å². The van der Waals surface area contributed by atoms with E-state index < -0.39 is 0 Å². The van der Waals surface area contributed by atoms with Crippen molar-refractivity contribution >= 4 is 11.8 Å². The van der Waals surface area contributed by atoms with Gasteiger partial charge in [0.2, 0.25) is 5.91 Å². The largest absolute Gasteiger partial charge is 0.292 e. The van der Waals surface area contributed by atoms with Crippen LogP contribution in [0.15, 0.2) is 34.9 Å². The maximum absolute atomic E-state index is 11.4. The van der Waals surface area contributed by atoms with E-state index in [1.54, 1.807) is 0 Å². The number of carbonyl (C=O) groups is 2. The van der Waals surface area contributed by atoms with Crippen LogP contribution in [-0.4, -0.2) is 11.8 Å². The zero-order chi connectivity index (χ0) is 9.00. The normalized spacial score (nSPS) is 29.2. The Labute approximate surface area is 74.8 Å². The van der Waals surface area contributed by atoms with Crippen LogP contribution in [0.3, 0.4) is 0 Å². The summed E-state index contributed by atoms with van der Waals surface area (Å²) >= 11 is 0. The number of piperidine rings is 1. The predicted octanol–water partition coefficient (Wildman–Crippen LogP) is 0.455. The highest BCUT2D eigenvalue weighted by atomic mass is 16.2. The molecule has 0 saturated carbocycles. The topological polar surface area (TPSA) is 46.2 Å². The van der Waals surface area contributed by atoms with Crippen molar-refractivity contribution in [3.05, 3.63) is 34.9 Å². The van der Waals surface area contributed by atoms with Crippen LogP contribution in [0.1, 0.15) is 6.42 Å². The minimum atomic E-state index is -0.216. The predicted molar refractivity (Wildman–Crippen MR) is 45.5 cm³/mol. The third-order valence-electron chi connectivity index (χ3n) is 2.79. The average Bonchev–Trinajstić information content (AvgIpc) is 2.58. The number of hydrogen-bond donors (Lipinski definition) is 1. The van der Waals surface area contributed by atoms with Gasteiger partial charge in [0.15, 0.2) is 0 Å². The third kappa shape index (κ3) is 0.691. The van der Waals surface area contributed by atoms with Gasteiger partial charge in [-0.05, 0) is 17.6 Å². The van der Waals surface area contributed by atoms with Crippen LogP contribution < -0.4 is 5.32 Å². The molecule has 1 N–H and O–H groups in total. The zero-order valence-corrected chi connectivity index (χ0v) is 6.83. The quantitative estimate of drug-likeness (QED) is 0.541. The smallest absolute Gasteiger partial charge is 0.254 e. The van der Waals surface area contributed by atoms with Crippen LogP contribution in [0.4, 0.5) is 0 Å². The van der Waals surface area contributed by atoms with E-state index in [1.165, 1.54) is 0 Å². The molecule has 1 saturated heterocycles. The fourth-order valence-electron chi connectivity index (χ4n) is 2.16. The van der Waals surface area contributed by atoms with Gasteiger partial charge in [-0.2, -0.15) is 0 Å². The van der Waals surface area contributed by atoms with E-state index in [-0.39, 0.29) is 17.7 Å². The van der Waals surface area contributed by atoms with E-state index in [0.717, 1.165) is 16.7 Å². The number of allylic oxidation sites excluding steroid dienone is 4. The van der Waals surface area contributed by atoms with E-state index >= 15 is 0 Å². The molecule has 1 heterocycles. The SMILES string of the molecule is O=C1NC(=O)[C@@H]2CC1=C1C=CC=C12. The average molecular weight is 173 g/mol. The molecule has 0 radical (unpaired) electrons. The molecule has 3 aliphatic rings. The third-order valence-corrected chi connectivity index (χ3v) is 2.79. The minimum Gasteiger partial charge on any atom is -0.292 e. The van der Waals surface area contributed by atoms with Gasteiger partial charge in [0, 0.05) is 5.57 Å². The molecule has 3 nitrogen and oxygen atoms in total. The van der Waals surface area contributed by atoms with Crippen LogP contribution in [0.5, 0.6) is 0 Å². The van der Waals surface area contributed by atoms with Crippen LogP contribution in [0.25, 0.3) is 0 Å². The summed E-state index contributed by atoms with van der Waals surface area (Å²) in [5.74, 6) is -0.484. The van der Waals surface area contributed by atoms with Crippen molar-refractivity contribution in [2.45, 2.75) is 6.42 Å². The molecular formula is C10H7NO2. The number of fused-ring (bicyclic) bond motifs is 4. The molecule has 1 atom stereocenters. The minimum absolute atomic E-state index is 0.113. The first-order valence-electron chi connectivity index (χ1n) is 4.24. The number of rotatable bonds is 0. The van der Waals surface area contributed by atoms with Gasteiger partial charge >= 0.3 is 0 Å². The van der Waals surface area contributed by atoms with Crippen molar-refractivity contribution in [1.82, 2.24) is 5.32 Å². The number of hydrogen-bond acceptors (Lipinski definition) is 2. The lowest BCUT2D eigenvalue weighted by molar-refractivity contribution is -0.132. The van der Waals surface area contributed by atoms with Gasteiger partial charge in [0.05, 0.1) is 5.92 Å². The molecule has 13 heavy (non-hydrogen) atoms. The summed E-state index contributed by atoms with van der Waals surface area (Å²) in [7, 11) is 0. The van der Waals surface area contributed by atoms with Crippen LogP contribution in [-0.2, 0) is 9.59 Å². The Morgan fingerprint density at radius 1 is 1.38 bits per heavy atom. The van der Waals surface area contributed by atoms with E-state index in [9.17, 15) is 9.59 Å². The molecule has 1 aliphatic heterocycles. The van der Waals surface area contributed by atoms with Crippen molar-refractivity contribution in [2.24, 2.45) is 5.92 Å². The Hall–Kier alpha value is -1.64. The molecule has 0 spiro atoms. The zero-order valence-electron chi connectivity index (χ0n) is 6.83. The standard InChI is InChI=1S/C10H7NO2/c12-9-7-4-8(10(13)11-9)6-3-1-2-5(6)7/h1-3,7H,4H2,(H,11,12,13)/t7-/m1/s1. The molecule has 0 aromatic heterocycles. The first kappa shape index (κ1) is 6.83. The molecule has 2 aliphatic carbocycles. The van der Waals surface area contributed by atoms with Crippen molar-refractivity contribution < 1.29 is 9.59 Å². The molecule has 2 amide bonds. The van der Waals surface area contributed by atoms with E-state index in [0.29, 0.717) is 6.42 Å². The number of imide groups is 1. The fourth-order valence-corrected chi connectivity index (χ4v) is 2.16. The molecule has 3 rings (SSSR count). The summed E-state index contributed by atoms with van der Waals surface area (Å²) in [6.45, 7) is 0. The summed E-state index contributed by atoms with van der Waals surface area (Å²) in [5, 5.41) is 2.36. The number of carbonyl (C=O) groups excluding carboxylic acids is 2. The molecule has 1 fully saturated rings.